The number of nitrogens with zero attached hydrogens (tertiary/aromatic N) is 2. The number of anilines is 1. The van der Waals surface area contributed by atoms with Crippen LogP contribution in [-0.2, 0) is 21.4 Å². The van der Waals surface area contributed by atoms with Crippen LogP contribution in [0.5, 0.6) is 5.75 Å². The normalized spacial score (nSPS) is 11.2. The van der Waals surface area contributed by atoms with Crippen LogP contribution >= 0.6 is 23.2 Å². The fraction of sp³-hybridized carbons (Fsp3) is 0.208. The Bertz CT molecular complexity index is 1230. The number of sulfonamides is 1. The highest BCUT2D eigenvalue weighted by Gasteiger charge is 2.30. The maximum Gasteiger partial charge on any atom is 0.264 e. The highest BCUT2D eigenvalue weighted by molar-refractivity contribution is 7.92. The van der Waals surface area contributed by atoms with Crippen LogP contribution in [0.15, 0.2) is 71.6 Å². The summed E-state index contributed by atoms with van der Waals surface area (Å²) in [5, 5.41) is 0.910. The number of halogens is 2. The molecule has 0 saturated carbocycles. The van der Waals surface area contributed by atoms with Gasteiger partial charge in [-0.05, 0) is 55.0 Å². The van der Waals surface area contributed by atoms with E-state index in [-0.39, 0.29) is 16.3 Å². The van der Waals surface area contributed by atoms with Crippen LogP contribution in [-0.4, -0.2) is 39.9 Å². The lowest BCUT2D eigenvalue weighted by atomic mass is 10.2. The fourth-order valence-corrected chi connectivity index (χ4v) is 4.90. The minimum Gasteiger partial charge on any atom is -0.495 e. The van der Waals surface area contributed by atoms with Crippen molar-refractivity contribution in [2.75, 3.05) is 25.0 Å². The van der Waals surface area contributed by atoms with E-state index < -0.39 is 22.5 Å². The second-order valence-corrected chi connectivity index (χ2v) is 10.3. The number of hydrogen-bond donors (Lipinski definition) is 0. The Morgan fingerprint density at radius 1 is 0.939 bits per heavy atom. The van der Waals surface area contributed by atoms with Crippen LogP contribution in [0.25, 0.3) is 0 Å². The largest absolute Gasteiger partial charge is 0.495 e. The second kappa shape index (κ2) is 10.5. The molecule has 3 rings (SSSR count). The summed E-state index contributed by atoms with van der Waals surface area (Å²) < 4.78 is 33.6. The Balaban J connectivity index is 1.98. The van der Waals surface area contributed by atoms with Gasteiger partial charge in [0, 0.05) is 23.6 Å². The number of hydrogen-bond acceptors (Lipinski definition) is 4. The predicted octanol–water partition coefficient (Wildman–Crippen LogP) is 5.16. The predicted molar refractivity (Wildman–Crippen MR) is 132 cm³/mol. The van der Waals surface area contributed by atoms with Gasteiger partial charge in [0.05, 0.1) is 17.7 Å². The van der Waals surface area contributed by atoms with E-state index in [9.17, 15) is 13.2 Å². The summed E-state index contributed by atoms with van der Waals surface area (Å²) in [6.07, 6.45) is 0. The van der Waals surface area contributed by atoms with Crippen molar-refractivity contribution >= 4 is 44.8 Å². The lowest BCUT2D eigenvalue weighted by Gasteiger charge is -2.28. The van der Waals surface area contributed by atoms with Crippen LogP contribution in [0.4, 0.5) is 5.69 Å². The number of ether oxygens (including phenoxy) is 1. The van der Waals surface area contributed by atoms with Crippen LogP contribution in [0.1, 0.15) is 11.1 Å². The first-order valence-electron chi connectivity index (χ1n) is 10.0. The van der Waals surface area contributed by atoms with Crippen LogP contribution < -0.4 is 9.04 Å². The van der Waals surface area contributed by atoms with E-state index in [1.54, 1.807) is 43.4 Å². The van der Waals surface area contributed by atoms with Gasteiger partial charge in [0.2, 0.25) is 5.91 Å². The average Bonchev–Trinajstić information content (AvgIpc) is 2.79. The summed E-state index contributed by atoms with van der Waals surface area (Å²) in [4.78, 5) is 14.6. The molecule has 1 amide bonds. The van der Waals surface area contributed by atoms with Crippen molar-refractivity contribution in [2.45, 2.75) is 18.4 Å². The molecule has 0 aliphatic carbocycles. The third-order valence-corrected chi connectivity index (χ3v) is 7.32. The fourth-order valence-electron chi connectivity index (χ4n) is 3.19. The molecular weight excluding hydrogens is 483 g/mol. The molecule has 0 unspecified atom stereocenters. The maximum atomic E-state index is 13.6. The van der Waals surface area contributed by atoms with Crippen molar-refractivity contribution in [3.05, 3.63) is 87.9 Å². The zero-order valence-electron chi connectivity index (χ0n) is 18.5. The molecule has 0 heterocycles. The summed E-state index contributed by atoms with van der Waals surface area (Å²) in [6.45, 7) is 1.72. The van der Waals surface area contributed by atoms with Crippen molar-refractivity contribution in [3.63, 3.8) is 0 Å². The zero-order chi connectivity index (χ0) is 24.2. The SMILES string of the molecule is COc1ccc(Cl)cc1N(CC(=O)N(C)Cc1ccc(Cl)cc1)S(=O)(=O)c1ccc(C)cc1. The van der Waals surface area contributed by atoms with Crippen LogP contribution in [0.3, 0.4) is 0 Å². The van der Waals surface area contributed by atoms with E-state index in [0.29, 0.717) is 16.6 Å². The van der Waals surface area contributed by atoms with Gasteiger partial charge in [-0.2, -0.15) is 0 Å². The molecule has 3 aromatic carbocycles. The highest BCUT2D eigenvalue weighted by atomic mass is 35.5. The summed E-state index contributed by atoms with van der Waals surface area (Å²) in [6, 6.07) is 18.2. The van der Waals surface area contributed by atoms with Gasteiger partial charge < -0.3 is 9.64 Å². The van der Waals surface area contributed by atoms with Gasteiger partial charge in [-0.15, -0.1) is 0 Å². The number of amides is 1. The molecule has 0 radical (unpaired) electrons. The van der Waals surface area contributed by atoms with Crippen molar-refractivity contribution in [3.8, 4) is 5.75 Å². The van der Waals surface area contributed by atoms with Gasteiger partial charge in [-0.1, -0.05) is 53.0 Å². The second-order valence-electron chi connectivity index (χ2n) is 7.52. The quantitative estimate of drug-likeness (QED) is 0.422. The van der Waals surface area contributed by atoms with Crippen molar-refractivity contribution in [2.24, 2.45) is 0 Å². The molecule has 9 heteroatoms. The monoisotopic (exact) mass is 506 g/mol. The summed E-state index contributed by atoms with van der Waals surface area (Å²) in [5.74, 6) is -0.120. The highest BCUT2D eigenvalue weighted by Crippen LogP contribution is 2.35. The smallest absolute Gasteiger partial charge is 0.264 e. The van der Waals surface area contributed by atoms with E-state index in [1.165, 1.54) is 30.2 Å². The van der Waals surface area contributed by atoms with Gasteiger partial charge in [0.25, 0.3) is 10.0 Å². The maximum absolute atomic E-state index is 13.6. The molecule has 0 aliphatic rings. The van der Waals surface area contributed by atoms with Gasteiger partial charge in [-0.25, -0.2) is 8.42 Å². The van der Waals surface area contributed by atoms with Crippen molar-refractivity contribution in [1.82, 2.24) is 4.90 Å². The Labute approximate surface area is 204 Å². The Morgan fingerprint density at radius 3 is 2.15 bits per heavy atom. The van der Waals surface area contributed by atoms with E-state index in [2.05, 4.69) is 0 Å². The minimum atomic E-state index is -4.10. The molecule has 33 heavy (non-hydrogen) atoms. The number of rotatable bonds is 8. The van der Waals surface area contributed by atoms with Gasteiger partial charge >= 0.3 is 0 Å². The Kier molecular flexibility index (Phi) is 7.89. The van der Waals surface area contributed by atoms with E-state index in [0.717, 1.165) is 15.4 Å². The Hall–Kier alpha value is -2.74. The molecule has 174 valence electrons. The summed E-state index contributed by atoms with van der Waals surface area (Å²) in [5.41, 5.74) is 1.96. The first kappa shape index (κ1) is 24.9. The van der Waals surface area contributed by atoms with E-state index in [1.807, 2.05) is 19.1 Å². The minimum absolute atomic E-state index is 0.0586. The summed E-state index contributed by atoms with van der Waals surface area (Å²) in [7, 11) is -1.06. The zero-order valence-corrected chi connectivity index (χ0v) is 20.8. The first-order chi connectivity index (χ1) is 15.6. The number of carbonyl (C=O) groups is 1. The van der Waals surface area contributed by atoms with Crippen molar-refractivity contribution < 1.29 is 17.9 Å². The first-order valence-corrected chi connectivity index (χ1v) is 12.2. The molecule has 0 fully saturated rings. The average molecular weight is 507 g/mol. The van der Waals surface area contributed by atoms with E-state index >= 15 is 0 Å². The molecular formula is C24H24Cl2N2O4S. The molecule has 0 bridgehead atoms. The van der Waals surface area contributed by atoms with Crippen LogP contribution in [0, 0.1) is 6.92 Å². The number of aryl methyl sites for hydroxylation is 1. The molecule has 6 nitrogen and oxygen atoms in total. The van der Waals surface area contributed by atoms with Gasteiger partial charge in [0.1, 0.15) is 12.3 Å². The third kappa shape index (κ3) is 5.99. The standard InChI is InChI=1S/C24H24Cl2N2O4S/c1-17-4-11-21(12-5-17)33(30,31)28(22-14-20(26)10-13-23(22)32-3)16-24(29)27(2)15-18-6-8-19(25)9-7-18/h4-14H,15-16H2,1-3H3. The Morgan fingerprint density at radius 2 is 1.55 bits per heavy atom. The number of benzene rings is 3. The number of likely N-dealkylation sites (N-methyl/N-ethyl adjacent to an activating group) is 1. The topological polar surface area (TPSA) is 66.9 Å². The molecule has 0 atom stereocenters. The van der Waals surface area contributed by atoms with E-state index in [4.69, 9.17) is 27.9 Å². The molecule has 3 aromatic rings. The third-order valence-electron chi connectivity index (χ3n) is 5.06. The number of carbonyl (C=O) groups excluding carboxylic acids is 1. The van der Waals surface area contributed by atoms with Crippen LogP contribution in [0.2, 0.25) is 10.0 Å². The lowest BCUT2D eigenvalue weighted by molar-refractivity contribution is -0.128. The number of methoxy groups -OCH3 is 1. The molecule has 0 saturated heterocycles. The molecule has 0 aromatic heterocycles. The molecule has 0 aliphatic heterocycles. The lowest BCUT2D eigenvalue weighted by Crippen LogP contribution is -2.41. The van der Waals surface area contributed by atoms with Gasteiger partial charge in [0.15, 0.2) is 0 Å². The summed E-state index contributed by atoms with van der Waals surface area (Å²) >= 11 is 12.1. The molecule has 0 spiro atoms. The van der Waals surface area contributed by atoms with Crippen molar-refractivity contribution in [1.29, 1.82) is 0 Å². The molecule has 0 N–H and O–H groups in total. The van der Waals surface area contributed by atoms with Gasteiger partial charge in [-0.3, -0.25) is 9.10 Å².